The largest absolute Gasteiger partial charge is 0.457 e. The molecule has 0 aliphatic carbocycles. The van der Waals surface area contributed by atoms with Crippen molar-refractivity contribution in [1.29, 1.82) is 0 Å². The number of nitrogens with zero attached hydrogens (tertiary/aromatic N) is 1. The Kier molecular flexibility index (Phi) is 9.97. The number of thiazole rings is 1. The van der Waals surface area contributed by atoms with Gasteiger partial charge in [-0.25, -0.2) is 4.98 Å². The maximum Gasteiger partial charge on any atom is 0.309 e. The summed E-state index contributed by atoms with van der Waals surface area (Å²) in [5, 5.41) is 24.4. The topological polar surface area (TPSA) is 96.7 Å². The number of ketones is 1. The van der Waals surface area contributed by atoms with Gasteiger partial charge in [0.2, 0.25) is 0 Å². The number of Topliss-reactive ketones (excluding diaryl/α,β-unsaturated/α-hetero) is 1. The molecule has 0 fully saturated rings. The van der Waals surface area contributed by atoms with Crippen molar-refractivity contribution >= 4 is 29.2 Å². The van der Waals surface area contributed by atoms with Crippen molar-refractivity contribution in [3.8, 4) is 0 Å². The summed E-state index contributed by atoms with van der Waals surface area (Å²) in [5.41, 5.74) is 1.57. The minimum absolute atomic E-state index is 0.225. The quantitative estimate of drug-likeness (QED) is 0.446. The van der Waals surface area contributed by atoms with E-state index in [2.05, 4.69) is 4.98 Å². The van der Waals surface area contributed by atoms with Crippen LogP contribution < -0.4 is 0 Å². The first kappa shape index (κ1) is 28.1. The zero-order valence-corrected chi connectivity index (χ0v) is 22.2. The lowest BCUT2D eigenvalue weighted by Crippen LogP contribution is -2.45. The van der Waals surface area contributed by atoms with Gasteiger partial charge < -0.3 is 14.9 Å². The van der Waals surface area contributed by atoms with Crippen molar-refractivity contribution in [3.63, 3.8) is 0 Å². The fraction of sp³-hybridized carbons (Fsp3) is 0.593. The first-order chi connectivity index (χ1) is 15.8. The van der Waals surface area contributed by atoms with Gasteiger partial charge in [-0.1, -0.05) is 51.5 Å². The minimum atomic E-state index is -1.23. The number of aryl methyl sites for hydroxylation is 1. The Balaban J connectivity index is 2.37. The van der Waals surface area contributed by atoms with E-state index in [4.69, 9.17) is 4.74 Å². The molecule has 2 N–H and O–H groups in total. The number of carbonyl (C=O) groups excluding carboxylic acids is 2. The van der Waals surface area contributed by atoms with E-state index >= 15 is 0 Å². The number of cyclic esters (lactones) is 1. The Hall–Kier alpha value is -2.09. The molecule has 188 valence electrons. The van der Waals surface area contributed by atoms with Gasteiger partial charge in [0.25, 0.3) is 0 Å². The van der Waals surface area contributed by atoms with Crippen molar-refractivity contribution in [2.45, 2.75) is 86.0 Å². The molecule has 1 aromatic heterocycles. The van der Waals surface area contributed by atoms with E-state index in [9.17, 15) is 19.8 Å². The van der Waals surface area contributed by atoms with Crippen LogP contribution in [0.5, 0.6) is 0 Å². The fourth-order valence-corrected chi connectivity index (χ4v) is 4.62. The molecule has 0 aromatic carbocycles. The number of aliphatic hydroxyl groups excluding tert-OH is 2. The Labute approximate surface area is 207 Å². The summed E-state index contributed by atoms with van der Waals surface area (Å²) < 4.78 is 5.79. The van der Waals surface area contributed by atoms with Crippen LogP contribution in [0.4, 0.5) is 0 Å². The monoisotopic (exact) mass is 489 g/mol. The van der Waals surface area contributed by atoms with Gasteiger partial charge in [0, 0.05) is 23.6 Å². The summed E-state index contributed by atoms with van der Waals surface area (Å²) >= 11 is 1.56. The second-order valence-corrected chi connectivity index (χ2v) is 11.1. The van der Waals surface area contributed by atoms with Crippen LogP contribution in [0.1, 0.15) is 71.5 Å². The van der Waals surface area contributed by atoms with Crippen molar-refractivity contribution in [3.05, 3.63) is 45.5 Å². The van der Waals surface area contributed by atoms with Gasteiger partial charge in [0.05, 0.1) is 34.7 Å². The number of allylic oxidation sites excluding steroid dienone is 2. The first-order valence-electron chi connectivity index (χ1n) is 11.9. The Bertz CT molecular complexity index is 958. The average Bonchev–Trinajstić information content (AvgIpc) is 3.18. The second kappa shape index (κ2) is 12.0. The maximum atomic E-state index is 13.1. The van der Waals surface area contributed by atoms with Crippen LogP contribution in [0.3, 0.4) is 0 Å². The zero-order valence-electron chi connectivity index (χ0n) is 21.4. The van der Waals surface area contributed by atoms with Gasteiger partial charge >= 0.3 is 5.97 Å². The standard InChI is InChI=1S/C27H39NO5S/c1-16-9-8-10-17(2)25(31)19(4)26(32)27(6,7)23(29)14-24(30)33-22(12-11-16)18(3)13-21-15-34-20(5)28-21/h8,10-11,13,15,17,19,22-23,25,29,31H,9,12,14H2,1-7H3/b10-8+,16-11-,18-13+/t17?,19?,22?,23-,25-/m0/s1. The van der Waals surface area contributed by atoms with Crippen molar-refractivity contribution in [1.82, 2.24) is 4.98 Å². The lowest BCUT2D eigenvalue weighted by atomic mass is 9.73. The highest BCUT2D eigenvalue weighted by atomic mass is 32.1. The van der Waals surface area contributed by atoms with Crippen molar-refractivity contribution < 1.29 is 24.5 Å². The summed E-state index contributed by atoms with van der Waals surface area (Å²) in [4.78, 5) is 30.4. The number of aliphatic hydroxyl groups is 2. The van der Waals surface area contributed by atoms with Gasteiger partial charge in [-0.2, -0.15) is 0 Å². The summed E-state index contributed by atoms with van der Waals surface area (Å²) in [6.07, 6.45) is 6.13. The molecule has 3 unspecified atom stereocenters. The number of rotatable bonds is 2. The van der Waals surface area contributed by atoms with E-state index in [1.807, 2.05) is 57.4 Å². The zero-order chi connectivity index (χ0) is 25.6. The summed E-state index contributed by atoms with van der Waals surface area (Å²) in [7, 11) is 0. The highest BCUT2D eigenvalue weighted by molar-refractivity contribution is 7.09. The number of carbonyl (C=O) groups is 2. The summed E-state index contributed by atoms with van der Waals surface area (Å²) in [6.45, 7) is 12.6. The molecular formula is C27H39NO5S. The molecule has 6 nitrogen and oxygen atoms in total. The molecular weight excluding hydrogens is 450 g/mol. The lowest BCUT2D eigenvalue weighted by molar-refractivity contribution is -0.154. The maximum absolute atomic E-state index is 13.1. The van der Waals surface area contributed by atoms with Gasteiger partial charge in [0.15, 0.2) is 0 Å². The van der Waals surface area contributed by atoms with E-state index in [0.717, 1.165) is 21.8 Å². The molecule has 0 bridgehead atoms. The molecule has 0 saturated heterocycles. The molecule has 1 aliphatic heterocycles. The Morgan fingerprint density at radius 2 is 1.91 bits per heavy atom. The van der Waals surface area contributed by atoms with E-state index in [0.29, 0.717) is 12.8 Å². The van der Waals surface area contributed by atoms with E-state index < -0.39 is 35.6 Å². The third kappa shape index (κ3) is 7.45. The molecule has 34 heavy (non-hydrogen) atoms. The third-order valence-corrected chi connectivity index (χ3v) is 7.44. The molecule has 1 aliphatic rings. The number of esters is 1. The highest BCUT2D eigenvalue weighted by Crippen LogP contribution is 2.31. The molecule has 5 atom stereocenters. The van der Waals surface area contributed by atoms with Gasteiger partial charge in [-0.15, -0.1) is 11.3 Å². The van der Waals surface area contributed by atoms with Gasteiger partial charge in [-0.05, 0) is 38.8 Å². The molecule has 2 heterocycles. The number of ether oxygens (including phenoxy) is 1. The highest BCUT2D eigenvalue weighted by Gasteiger charge is 2.42. The summed E-state index contributed by atoms with van der Waals surface area (Å²) in [6, 6.07) is 0. The molecule has 1 aromatic rings. The number of aromatic nitrogens is 1. The van der Waals surface area contributed by atoms with Crippen LogP contribution >= 0.6 is 11.3 Å². The van der Waals surface area contributed by atoms with Crippen molar-refractivity contribution in [2.24, 2.45) is 17.3 Å². The van der Waals surface area contributed by atoms with Crippen LogP contribution in [0.15, 0.2) is 34.8 Å². The predicted molar refractivity (Wildman–Crippen MR) is 136 cm³/mol. The normalized spacial score (nSPS) is 32.6. The van der Waals surface area contributed by atoms with Crippen LogP contribution in [-0.4, -0.2) is 45.3 Å². The molecule has 2 rings (SSSR count). The number of hydrogen-bond acceptors (Lipinski definition) is 7. The first-order valence-corrected chi connectivity index (χ1v) is 12.7. The van der Waals surface area contributed by atoms with Gasteiger partial charge in [0.1, 0.15) is 11.9 Å². The van der Waals surface area contributed by atoms with E-state index in [-0.39, 0.29) is 18.1 Å². The minimum Gasteiger partial charge on any atom is -0.457 e. The molecule has 0 radical (unpaired) electrons. The Morgan fingerprint density at radius 1 is 1.24 bits per heavy atom. The summed E-state index contributed by atoms with van der Waals surface area (Å²) in [5.74, 6) is -1.77. The number of hydrogen-bond donors (Lipinski definition) is 2. The fourth-order valence-electron chi connectivity index (χ4n) is 4.05. The van der Waals surface area contributed by atoms with Crippen LogP contribution in [-0.2, 0) is 14.3 Å². The Morgan fingerprint density at radius 3 is 2.53 bits per heavy atom. The molecule has 0 spiro atoms. The third-order valence-electron chi connectivity index (χ3n) is 6.65. The predicted octanol–water partition coefficient (Wildman–Crippen LogP) is 5.04. The molecule has 0 saturated carbocycles. The van der Waals surface area contributed by atoms with Crippen LogP contribution in [0.2, 0.25) is 0 Å². The lowest BCUT2D eigenvalue weighted by Gasteiger charge is -2.34. The van der Waals surface area contributed by atoms with Crippen LogP contribution in [0.25, 0.3) is 6.08 Å². The smallest absolute Gasteiger partial charge is 0.309 e. The molecule has 7 heteroatoms. The SMILES string of the molecule is C/C1=C/CC(/C(C)=C/c2csc(C)n2)OC(=O)C[C@H](O)C(C)(C)C(=O)C(C)[C@@H](O)C(C)/C=C/C1. The molecule has 0 amide bonds. The van der Waals surface area contributed by atoms with Gasteiger partial charge in [-0.3, -0.25) is 9.59 Å². The van der Waals surface area contributed by atoms with E-state index in [1.165, 1.54) is 0 Å². The average molecular weight is 490 g/mol. The second-order valence-electron chi connectivity index (χ2n) is 10.0. The van der Waals surface area contributed by atoms with E-state index in [1.54, 1.807) is 32.1 Å². The van der Waals surface area contributed by atoms with Crippen molar-refractivity contribution in [2.75, 3.05) is 0 Å². The van der Waals surface area contributed by atoms with Crippen LogP contribution in [0, 0.1) is 24.2 Å².